The first-order valence-electron chi connectivity index (χ1n) is 5.56. The molecule has 0 radical (unpaired) electrons. The zero-order chi connectivity index (χ0) is 12.1. The maximum Gasteiger partial charge on any atom is 0.223 e. The summed E-state index contributed by atoms with van der Waals surface area (Å²) in [4.78, 5) is 10.4. The molecule has 16 heavy (non-hydrogen) atoms. The Hall–Kier alpha value is -1.52. The molecule has 1 rings (SSSR count). The van der Waals surface area contributed by atoms with Crippen molar-refractivity contribution in [3.05, 3.63) is 6.07 Å². The Morgan fingerprint density at radius 3 is 2.69 bits per heavy atom. The third-order valence-electron chi connectivity index (χ3n) is 2.42. The molecule has 0 aliphatic heterocycles. The number of nitrogens with two attached hydrogens (primary N) is 1. The highest BCUT2D eigenvalue weighted by Gasteiger charge is 2.06. The number of aromatic nitrogens is 2. The molecule has 1 aromatic heterocycles. The topological polar surface area (TPSA) is 67.1 Å². The quantitative estimate of drug-likeness (QED) is 0.793. The lowest BCUT2D eigenvalue weighted by Gasteiger charge is -2.19. The maximum absolute atomic E-state index is 5.64. The summed E-state index contributed by atoms with van der Waals surface area (Å²) in [5.74, 6) is 2.60. The van der Waals surface area contributed by atoms with Crippen LogP contribution in [0.3, 0.4) is 0 Å². The highest BCUT2D eigenvalue weighted by molar-refractivity contribution is 5.51. The average Bonchev–Trinajstić information content (AvgIpc) is 2.24. The van der Waals surface area contributed by atoms with Gasteiger partial charge in [0.1, 0.15) is 11.6 Å². The molecule has 0 fully saturated rings. The van der Waals surface area contributed by atoms with Gasteiger partial charge < -0.3 is 16.0 Å². The van der Waals surface area contributed by atoms with Crippen LogP contribution in [0, 0.1) is 5.92 Å². The zero-order valence-corrected chi connectivity index (χ0v) is 10.5. The van der Waals surface area contributed by atoms with Gasteiger partial charge >= 0.3 is 0 Å². The largest absolute Gasteiger partial charge is 0.373 e. The van der Waals surface area contributed by atoms with E-state index in [1.54, 1.807) is 0 Å². The van der Waals surface area contributed by atoms with E-state index in [9.17, 15) is 0 Å². The molecule has 90 valence electrons. The normalized spacial score (nSPS) is 10.6. The van der Waals surface area contributed by atoms with Crippen molar-refractivity contribution < 1.29 is 0 Å². The highest BCUT2D eigenvalue weighted by Crippen LogP contribution is 2.16. The van der Waals surface area contributed by atoms with Crippen LogP contribution in [0.1, 0.15) is 20.3 Å². The van der Waals surface area contributed by atoms with Crippen LogP contribution in [-0.4, -0.2) is 30.6 Å². The van der Waals surface area contributed by atoms with Crippen molar-refractivity contribution in [1.29, 1.82) is 0 Å². The molecule has 0 bridgehead atoms. The number of hydrogen-bond acceptors (Lipinski definition) is 5. The third kappa shape index (κ3) is 3.56. The van der Waals surface area contributed by atoms with Crippen LogP contribution < -0.4 is 16.0 Å². The minimum absolute atomic E-state index is 0.304. The van der Waals surface area contributed by atoms with Gasteiger partial charge in [0.05, 0.1) is 0 Å². The smallest absolute Gasteiger partial charge is 0.223 e. The molecule has 0 spiro atoms. The van der Waals surface area contributed by atoms with Gasteiger partial charge in [0.2, 0.25) is 5.95 Å². The van der Waals surface area contributed by atoms with Crippen LogP contribution in [0.2, 0.25) is 0 Å². The average molecular weight is 223 g/mol. The summed E-state index contributed by atoms with van der Waals surface area (Å²) in [5.41, 5.74) is 5.64. The van der Waals surface area contributed by atoms with Crippen LogP contribution in [0.5, 0.6) is 0 Å². The van der Waals surface area contributed by atoms with E-state index in [-0.39, 0.29) is 0 Å². The van der Waals surface area contributed by atoms with Gasteiger partial charge in [0.15, 0.2) is 0 Å². The molecule has 3 N–H and O–H groups in total. The van der Waals surface area contributed by atoms with E-state index < -0.39 is 0 Å². The van der Waals surface area contributed by atoms with E-state index >= 15 is 0 Å². The predicted molar refractivity (Wildman–Crippen MR) is 68.7 cm³/mol. The molecule has 5 heteroatoms. The van der Waals surface area contributed by atoms with Crippen molar-refractivity contribution in [1.82, 2.24) is 9.97 Å². The van der Waals surface area contributed by atoms with Gasteiger partial charge in [-0.3, -0.25) is 0 Å². The molecule has 1 heterocycles. The molecule has 0 aliphatic rings. The van der Waals surface area contributed by atoms with Gasteiger partial charge in [-0.2, -0.15) is 9.97 Å². The Labute approximate surface area is 97.1 Å². The molecule has 0 amide bonds. The van der Waals surface area contributed by atoms with Crippen LogP contribution in [-0.2, 0) is 0 Å². The summed E-state index contributed by atoms with van der Waals surface area (Å²) in [6.07, 6.45) is 1.13. The van der Waals surface area contributed by atoms with Crippen LogP contribution in [0.15, 0.2) is 6.07 Å². The lowest BCUT2D eigenvalue weighted by molar-refractivity contribution is 0.583. The van der Waals surface area contributed by atoms with Crippen molar-refractivity contribution in [2.75, 3.05) is 36.6 Å². The number of hydrogen-bond donors (Lipinski definition) is 2. The Morgan fingerprint density at radius 2 is 2.12 bits per heavy atom. The van der Waals surface area contributed by atoms with Gasteiger partial charge in [0.25, 0.3) is 0 Å². The molecule has 0 saturated heterocycles. The number of rotatable bonds is 5. The fourth-order valence-corrected chi connectivity index (χ4v) is 1.34. The van der Waals surface area contributed by atoms with E-state index in [0.717, 1.165) is 24.6 Å². The van der Waals surface area contributed by atoms with E-state index in [1.807, 2.05) is 20.2 Å². The SMILES string of the molecule is CNc1cc(N(C)CCC(C)C)nc(N)n1. The first-order valence-corrected chi connectivity index (χ1v) is 5.56. The van der Waals surface area contributed by atoms with Gasteiger partial charge in [-0.15, -0.1) is 0 Å². The Kier molecular flexibility index (Phi) is 4.34. The second-order valence-electron chi connectivity index (χ2n) is 4.32. The van der Waals surface area contributed by atoms with Crippen molar-refractivity contribution >= 4 is 17.6 Å². The fourth-order valence-electron chi connectivity index (χ4n) is 1.34. The summed E-state index contributed by atoms with van der Waals surface area (Å²) >= 11 is 0. The summed E-state index contributed by atoms with van der Waals surface area (Å²) in [6.45, 7) is 5.39. The number of nitrogen functional groups attached to an aromatic ring is 1. The molecule has 1 aromatic rings. The Bertz CT molecular complexity index is 337. The van der Waals surface area contributed by atoms with Gasteiger partial charge in [-0.25, -0.2) is 0 Å². The summed E-state index contributed by atoms with van der Waals surface area (Å²) in [5, 5.41) is 2.97. The summed E-state index contributed by atoms with van der Waals surface area (Å²) < 4.78 is 0. The molecule has 5 nitrogen and oxygen atoms in total. The van der Waals surface area contributed by atoms with E-state index in [2.05, 4.69) is 34.0 Å². The number of anilines is 3. The van der Waals surface area contributed by atoms with Crippen LogP contribution in [0.4, 0.5) is 17.6 Å². The molecular formula is C11H21N5. The Morgan fingerprint density at radius 1 is 1.44 bits per heavy atom. The minimum Gasteiger partial charge on any atom is -0.373 e. The summed E-state index contributed by atoms with van der Waals surface area (Å²) in [7, 11) is 3.84. The second-order valence-corrected chi connectivity index (χ2v) is 4.32. The monoisotopic (exact) mass is 223 g/mol. The molecule has 0 saturated carbocycles. The van der Waals surface area contributed by atoms with E-state index in [4.69, 9.17) is 5.73 Å². The molecule has 0 unspecified atom stereocenters. The van der Waals surface area contributed by atoms with Crippen LogP contribution >= 0.6 is 0 Å². The standard InChI is InChI=1S/C11H21N5/c1-8(2)5-6-16(4)10-7-9(13-3)14-11(12)15-10/h7-8H,5-6H2,1-4H3,(H3,12,13,14,15). The van der Waals surface area contributed by atoms with Crippen molar-refractivity contribution in [2.45, 2.75) is 20.3 Å². The first kappa shape index (κ1) is 12.5. The minimum atomic E-state index is 0.304. The molecular weight excluding hydrogens is 202 g/mol. The first-order chi connectivity index (χ1) is 7.52. The highest BCUT2D eigenvalue weighted by atomic mass is 15.2. The maximum atomic E-state index is 5.64. The van der Waals surface area contributed by atoms with Gasteiger partial charge in [-0.1, -0.05) is 13.8 Å². The molecule has 0 aromatic carbocycles. The number of nitrogens with one attached hydrogen (secondary N) is 1. The summed E-state index contributed by atoms with van der Waals surface area (Å²) in [6, 6.07) is 1.90. The van der Waals surface area contributed by atoms with Crippen molar-refractivity contribution in [2.24, 2.45) is 5.92 Å². The lowest BCUT2D eigenvalue weighted by atomic mass is 10.1. The van der Waals surface area contributed by atoms with E-state index in [0.29, 0.717) is 11.9 Å². The molecule has 0 atom stereocenters. The fraction of sp³-hybridized carbons (Fsp3) is 0.636. The van der Waals surface area contributed by atoms with E-state index in [1.165, 1.54) is 0 Å². The van der Waals surface area contributed by atoms with Crippen LogP contribution in [0.25, 0.3) is 0 Å². The second kappa shape index (κ2) is 5.53. The number of nitrogens with zero attached hydrogens (tertiary/aromatic N) is 3. The van der Waals surface area contributed by atoms with Gasteiger partial charge in [0, 0.05) is 26.7 Å². The third-order valence-corrected chi connectivity index (χ3v) is 2.42. The van der Waals surface area contributed by atoms with Crippen molar-refractivity contribution in [3.63, 3.8) is 0 Å². The predicted octanol–water partition coefficient (Wildman–Crippen LogP) is 1.58. The zero-order valence-electron chi connectivity index (χ0n) is 10.5. The molecule has 0 aliphatic carbocycles. The Balaban J connectivity index is 2.74. The van der Waals surface area contributed by atoms with Crippen molar-refractivity contribution in [3.8, 4) is 0 Å². The lowest BCUT2D eigenvalue weighted by Crippen LogP contribution is -2.21. The van der Waals surface area contributed by atoms with Gasteiger partial charge in [-0.05, 0) is 12.3 Å².